The Balaban J connectivity index is 1.72. The van der Waals surface area contributed by atoms with Gasteiger partial charge in [0.25, 0.3) is 0 Å². The molecule has 1 aromatic rings. The summed E-state index contributed by atoms with van der Waals surface area (Å²) in [5.41, 5.74) is 1.61. The molecular formula is C14H20N4O3. The summed E-state index contributed by atoms with van der Waals surface area (Å²) < 4.78 is 0. The standard InChI is InChI=1S/C14H20N4O3/c19-13(4-9-2-1-3-15-6-9)18-7-11-10(16-8-17-11)5-12(18)14(20)21/h8-9,12,15H,1-7H2,(H,16,17)(H,20,21). The van der Waals surface area contributed by atoms with Crippen LogP contribution in [0.5, 0.6) is 0 Å². The molecule has 1 fully saturated rings. The normalized spacial score (nSPS) is 25.4. The van der Waals surface area contributed by atoms with Gasteiger partial charge in [-0.05, 0) is 31.8 Å². The molecule has 2 aliphatic rings. The first kappa shape index (κ1) is 14.1. The quantitative estimate of drug-likeness (QED) is 0.736. The topological polar surface area (TPSA) is 98.3 Å². The molecule has 7 heteroatoms. The van der Waals surface area contributed by atoms with Crippen molar-refractivity contribution in [2.75, 3.05) is 13.1 Å². The van der Waals surface area contributed by atoms with E-state index in [2.05, 4.69) is 15.3 Å². The number of aromatic nitrogens is 2. The molecule has 0 aromatic carbocycles. The van der Waals surface area contributed by atoms with Gasteiger partial charge in [-0.25, -0.2) is 9.78 Å². The van der Waals surface area contributed by atoms with E-state index >= 15 is 0 Å². The van der Waals surface area contributed by atoms with E-state index in [0.717, 1.165) is 37.3 Å². The summed E-state index contributed by atoms with van der Waals surface area (Å²) in [5, 5.41) is 12.7. The molecule has 2 atom stereocenters. The van der Waals surface area contributed by atoms with Crippen molar-refractivity contribution in [3.05, 3.63) is 17.7 Å². The van der Waals surface area contributed by atoms with Crippen molar-refractivity contribution in [2.24, 2.45) is 5.92 Å². The van der Waals surface area contributed by atoms with Crippen molar-refractivity contribution >= 4 is 11.9 Å². The zero-order valence-electron chi connectivity index (χ0n) is 11.8. The van der Waals surface area contributed by atoms with Crippen molar-refractivity contribution < 1.29 is 14.7 Å². The van der Waals surface area contributed by atoms with E-state index in [4.69, 9.17) is 0 Å². The monoisotopic (exact) mass is 292 g/mol. The maximum atomic E-state index is 12.5. The molecule has 1 saturated heterocycles. The van der Waals surface area contributed by atoms with Crippen LogP contribution in [0.25, 0.3) is 0 Å². The number of fused-ring (bicyclic) bond motifs is 1. The molecule has 3 N–H and O–H groups in total. The SMILES string of the molecule is O=C(O)C1Cc2nc[nH]c2CN1C(=O)CC1CCCNC1. The first-order chi connectivity index (χ1) is 10.1. The van der Waals surface area contributed by atoms with Crippen molar-refractivity contribution in [2.45, 2.75) is 38.3 Å². The highest BCUT2D eigenvalue weighted by atomic mass is 16.4. The highest BCUT2D eigenvalue weighted by Crippen LogP contribution is 2.24. The summed E-state index contributed by atoms with van der Waals surface area (Å²) in [6.45, 7) is 2.15. The second-order valence-electron chi connectivity index (χ2n) is 5.82. The lowest BCUT2D eigenvalue weighted by Gasteiger charge is -2.34. The van der Waals surface area contributed by atoms with Crippen LogP contribution < -0.4 is 5.32 Å². The Morgan fingerprint density at radius 1 is 1.48 bits per heavy atom. The van der Waals surface area contributed by atoms with Crippen LogP contribution in [0.1, 0.15) is 30.7 Å². The van der Waals surface area contributed by atoms with E-state index in [9.17, 15) is 14.7 Å². The molecule has 21 heavy (non-hydrogen) atoms. The summed E-state index contributed by atoms with van der Waals surface area (Å²) >= 11 is 0. The van der Waals surface area contributed by atoms with Crippen molar-refractivity contribution in [1.29, 1.82) is 0 Å². The van der Waals surface area contributed by atoms with E-state index in [1.807, 2.05) is 0 Å². The van der Waals surface area contributed by atoms with Gasteiger partial charge in [0.1, 0.15) is 6.04 Å². The molecule has 1 aromatic heterocycles. The molecule has 0 radical (unpaired) electrons. The van der Waals surface area contributed by atoms with Crippen molar-refractivity contribution in [3.63, 3.8) is 0 Å². The highest BCUT2D eigenvalue weighted by molar-refractivity contribution is 5.84. The minimum atomic E-state index is -0.959. The number of amides is 1. The summed E-state index contributed by atoms with van der Waals surface area (Å²) in [4.78, 5) is 32.6. The fraction of sp³-hybridized carbons (Fsp3) is 0.643. The van der Waals surface area contributed by atoms with Crippen molar-refractivity contribution in [1.82, 2.24) is 20.2 Å². The molecule has 0 spiro atoms. The number of nitrogens with one attached hydrogen (secondary N) is 2. The third-order valence-electron chi connectivity index (χ3n) is 4.37. The first-order valence-electron chi connectivity index (χ1n) is 7.39. The van der Waals surface area contributed by atoms with E-state index in [1.165, 1.54) is 4.90 Å². The molecule has 0 aliphatic carbocycles. The van der Waals surface area contributed by atoms with Crippen LogP contribution in [-0.4, -0.2) is 51.0 Å². The van der Waals surface area contributed by atoms with E-state index < -0.39 is 12.0 Å². The fourth-order valence-corrected chi connectivity index (χ4v) is 3.18. The molecule has 0 bridgehead atoms. The lowest BCUT2D eigenvalue weighted by Crippen LogP contribution is -2.49. The zero-order valence-corrected chi connectivity index (χ0v) is 11.8. The number of H-pyrrole nitrogens is 1. The number of carboxylic acids is 1. The largest absolute Gasteiger partial charge is 0.480 e. The molecule has 2 aliphatic heterocycles. The van der Waals surface area contributed by atoms with Crippen LogP contribution >= 0.6 is 0 Å². The number of hydrogen-bond donors (Lipinski definition) is 3. The van der Waals surface area contributed by atoms with Crippen molar-refractivity contribution in [3.8, 4) is 0 Å². The van der Waals surface area contributed by atoms with Crippen LogP contribution in [0.2, 0.25) is 0 Å². The molecule has 1 amide bonds. The minimum Gasteiger partial charge on any atom is -0.480 e. The predicted octanol–water partition coefficient (Wildman–Crippen LogP) is 0.137. The third-order valence-corrected chi connectivity index (χ3v) is 4.37. The molecule has 114 valence electrons. The molecule has 2 unspecified atom stereocenters. The molecule has 7 nitrogen and oxygen atoms in total. The Bertz CT molecular complexity index is 536. The zero-order chi connectivity index (χ0) is 14.8. The second-order valence-corrected chi connectivity index (χ2v) is 5.82. The summed E-state index contributed by atoms with van der Waals surface area (Å²) in [5.74, 6) is -0.723. The number of rotatable bonds is 3. The summed E-state index contributed by atoms with van der Waals surface area (Å²) in [6.07, 6.45) is 4.36. The Morgan fingerprint density at radius 3 is 3.05 bits per heavy atom. The van der Waals surface area contributed by atoms with Gasteiger partial charge in [-0.15, -0.1) is 0 Å². The number of piperidine rings is 1. The van der Waals surface area contributed by atoms with Gasteiger partial charge in [-0.3, -0.25) is 4.79 Å². The number of hydrogen-bond acceptors (Lipinski definition) is 4. The molecule has 3 rings (SSSR count). The average Bonchev–Trinajstić information content (AvgIpc) is 2.94. The Morgan fingerprint density at radius 2 is 2.33 bits per heavy atom. The van der Waals surface area contributed by atoms with Crippen LogP contribution in [0, 0.1) is 5.92 Å². The van der Waals surface area contributed by atoms with Gasteiger partial charge in [0.05, 0.1) is 24.3 Å². The molecule has 0 saturated carbocycles. The number of carboxylic acid groups (broad SMARTS) is 1. The van der Waals surface area contributed by atoms with Crippen LogP contribution in [-0.2, 0) is 22.6 Å². The lowest BCUT2D eigenvalue weighted by molar-refractivity contribution is -0.152. The van der Waals surface area contributed by atoms with Crippen LogP contribution in [0.15, 0.2) is 6.33 Å². The summed E-state index contributed by atoms with van der Waals surface area (Å²) in [6, 6.07) is -0.801. The molecular weight excluding hydrogens is 272 g/mol. The van der Waals surface area contributed by atoms with Gasteiger partial charge in [0.15, 0.2) is 0 Å². The summed E-state index contributed by atoms with van der Waals surface area (Å²) in [7, 11) is 0. The number of nitrogens with zero attached hydrogens (tertiary/aromatic N) is 2. The van der Waals surface area contributed by atoms with Crippen LogP contribution in [0.3, 0.4) is 0 Å². The van der Waals surface area contributed by atoms with Gasteiger partial charge in [-0.2, -0.15) is 0 Å². The van der Waals surface area contributed by atoms with E-state index in [-0.39, 0.29) is 12.3 Å². The fourth-order valence-electron chi connectivity index (χ4n) is 3.18. The van der Waals surface area contributed by atoms with Gasteiger partial charge in [0.2, 0.25) is 5.91 Å². The molecule has 3 heterocycles. The maximum Gasteiger partial charge on any atom is 0.326 e. The smallest absolute Gasteiger partial charge is 0.326 e. The van der Waals surface area contributed by atoms with Gasteiger partial charge in [0, 0.05) is 12.8 Å². The Kier molecular flexibility index (Phi) is 3.92. The Labute approximate surface area is 122 Å². The third kappa shape index (κ3) is 2.92. The van der Waals surface area contributed by atoms with E-state index in [0.29, 0.717) is 18.9 Å². The number of carbonyl (C=O) groups excluding carboxylic acids is 1. The maximum absolute atomic E-state index is 12.5. The van der Waals surface area contributed by atoms with Gasteiger partial charge in [-0.1, -0.05) is 0 Å². The predicted molar refractivity (Wildman–Crippen MR) is 74.5 cm³/mol. The average molecular weight is 292 g/mol. The number of aromatic amines is 1. The number of imidazole rings is 1. The van der Waals surface area contributed by atoms with Gasteiger partial charge < -0.3 is 20.3 Å². The minimum absolute atomic E-state index is 0.0728. The second kappa shape index (κ2) is 5.85. The first-order valence-corrected chi connectivity index (χ1v) is 7.39. The number of carbonyl (C=O) groups is 2. The lowest BCUT2D eigenvalue weighted by atomic mass is 9.94. The van der Waals surface area contributed by atoms with E-state index in [1.54, 1.807) is 6.33 Å². The Hall–Kier alpha value is -1.89. The highest BCUT2D eigenvalue weighted by Gasteiger charge is 2.36. The number of aliphatic carboxylic acids is 1. The van der Waals surface area contributed by atoms with Crippen LogP contribution in [0.4, 0.5) is 0 Å². The van der Waals surface area contributed by atoms with Gasteiger partial charge >= 0.3 is 5.97 Å².